The molecule has 0 saturated heterocycles. The average Bonchev–Trinajstić information content (AvgIpc) is 2.24. The van der Waals surface area contributed by atoms with Gasteiger partial charge in [-0.15, -0.1) is 6.42 Å². The highest BCUT2D eigenvalue weighted by atomic mass is 16.5. The van der Waals surface area contributed by atoms with E-state index in [1.54, 1.807) is 0 Å². The number of terminal acetylenes is 1. The highest BCUT2D eigenvalue weighted by molar-refractivity contribution is 5.82. The maximum atomic E-state index is 11.0. The summed E-state index contributed by atoms with van der Waals surface area (Å²) >= 11 is 0. The van der Waals surface area contributed by atoms with Gasteiger partial charge >= 0.3 is 6.09 Å². The molecule has 0 aromatic heterocycles. The highest BCUT2D eigenvalue weighted by Gasteiger charge is 2.04. The Hall–Kier alpha value is -2.03. The molecule has 0 atom stereocenters. The summed E-state index contributed by atoms with van der Waals surface area (Å²) in [5.74, 6) is 1.71. The minimum atomic E-state index is -0.751. The van der Waals surface area contributed by atoms with Crippen molar-refractivity contribution < 1.29 is 19.1 Å². The van der Waals surface area contributed by atoms with Gasteiger partial charge in [0.1, 0.15) is 6.29 Å². The summed E-state index contributed by atoms with van der Waals surface area (Å²) in [6, 6.07) is 0. The maximum Gasteiger partial charge on any atom is 0.408 e. The molecule has 0 aliphatic carbocycles. The normalized spacial score (nSPS) is 8.47. The molecule has 0 unspecified atom stereocenters. The van der Waals surface area contributed by atoms with Crippen LogP contribution in [-0.2, 0) is 14.3 Å². The molecule has 0 saturated carbocycles. The second-order valence-corrected chi connectivity index (χ2v) is 2.44. The molecule has 6 heteroatoms. The summed E-state index contributed by atoms with van der Waals surface area (Å²) < 4.78 is 4.44. The Labute approximate surface area is 87.4 Å². The summed E-state index contributed by atoms with van der Waals surface area (Å²) in [5.41, 5.74) is 0. The predicted octanol–water partition coefficient (Wildman–Crippen LogP) is -0.949. The second-order valence-electron chi connectivity index (χ2n) is 2.44. The van der Waals surface area contributed by atoms with E-state index >= 15 is 0 Å². The number of amides is 2. The fourth-order valence-corrected chi connectivity index (χ4v) is 0.644. The number of carbonyl (C=O) groups is 3. The van der Waals surface area contributed by atoms with Crippen LogP contribution in [0, 0.1) is 12.3 Å². The molecule has 0 aliphatic heterocycles. The Morgan fingerprint density at radius 1 is 1.40 bits per heavy atom. The van der Waals surface area contributed by atoms with E-state index < -0.39 is 12.0 Å². The van der Waals surface area contributed by atoms with Crippen LogP contribution in [0.3, 0.4) is 0 Å². The third-order valence-corrected chi connectivity index (χ3v) is 1.26. The van der Waals surface area contributed by atoms with E-state index in [1.165, 1.54) is 0 Å². The van der Waals surface area contributed by atoms with Gasteiger partial charge in [0.05, 0.1) is 6.54 Å². The van der Waals surface area contributed by atoms with Crippen molar-refractivity contribution in [3.05, 3.63) is 0 Å². The number of hydrogen-bond donors (Lipinski definition) is 2. The monoisotopic (exact) mass is 212 g/mol. The van der Waals surface area contributed by atoms with E-state index in [0.29, 0.717) is 6.29 Å². The molecule has 0 aromatic carbocycles. The third kappa shape index (κ3) is 8.30. The van der Waals surface area contributed by atoms with Crippen molar-refractivity contribution in [3.63, 3.8) is 0 Å². The average molecular weight is 212 g/mol. The van der Waals surface area contributed by atoms with Crippen molar-refractivity contribution in [1.29, 1.82) is 0 Å². The summed E-state index contributed by atoms with van der Waals surface area (Å²) in [7, 11) is 0. The first-order chi connectivity index (χ1) is 7.20. The van der Waals surface area contributed by atoms with Crippen LogP contribution in [0.4, 0.5) is 4.79 Å². The Bertz CT molecular complexity index is 270. The van der Waals surface area contributed by atoms with Crippen molar-refractivity contribution in [3.8, 4) is 12.3 Å². The van der Waals surface area contributed by atoms with E-state index in [2.05, 4.69) is 21.3 Å². The van der Waals surface area contributed by atoms with E-state index in [9.17, 15) is 14.4 Å². The van der Waals surface area contributed by atoms with E-state index in [0.717, 1.165) is 0 Å². The number of alkyl carbamates (subject to hydrolysis) is 1. The SMILES string of the molecule is C#CCOC(=O)NCC(=O)NCCC=O. The molecule has 15 heavy (non-hydrogen) atoms. The van der Waals surface area contributed by atoms with Gasteiger partial charge in [-0.2, -0.15) is 0 Å². The fourth-order valence-electron chi connectivity index (χ4n) is 0.644. The van der Waals surface area contributed by atoms with Gasteiger partial charge in [0, 0.05) is 13.0 Å². The van der Waals surface area contributed by atoms with E-state index in [-0.39, 0.29) is 26.1 Å². The van der Waals surface area contributed by atoms with Gasteiger partial charge in [-0.25, -0.2) is 4.79 Å². The van der Waals surface area contributed by atoms with Crippen LogP contribution in [-0.4, -0.2) is 38.0 Å². The molecular weight excluding hydrogens is 200 g/mol. The lowest BCUT2D eigenvalue weighted by atomic mass is 10.4. The van der Waals surface area contributed by atoms with Gasteiger partial charge in [-0.3, -0.25) is 4.79 Å². The van der Waals surface area contributed by atoms with Crippen molar-refractivity contribution in [1.82, 2.24) is 10.6 Å². The van der Waals surface area contributed by atoms with Gasteiger partial charge in [0.25, 0.3) is 0 Å². The molecule has 0 heterocycles. The van der Waals surface area contributed by atoms with Gasteiger partial charge in [-0.05, 0) is 0 Å². The first-order valence-corrected chi connectivity index (χ1v) is 4.25. The molecule has 6 nitrogen and oxygen atoms in total. The van der Waals surface area contributed by atoms with Crippen LogP contribution in [0.1, 0.15) is 6.42 Å². The fraction of sp³-hybridized carbons (Fsp3) is 0.444. The van der Waals surface area contributed by atoms with Crippen molar-refractivity contribution in [2.45, 2.75) is 6.42 Å². The van der Waals surface area contributed by atoms with Crippen molar-refractivity contribution in [2.24, 2.45) is 0 Å². The van der Waals surface area contributed by atoms with Crippen LogP contribution >= 0.6 is 0 Å². The minimum Gasteiger partial charge on any atom is -0.436 e. The standard InChI is InChI=1S/C9H12N2O4/c1-2-6-15-9(14)11-7-8(13)10-4-3-5-12/h1,5H,3-4,6-7H2,(H,10,13)(H,11,14). The lowest BCUT2D eigenvalue weighted by Gasteiger charge is -2.04. The second kappa shape index (κ2) is 8.56. The summed E-state index contributed by atoms with van der Waals surface area (Å²) in [6.07, 6.45) is 5.03. The molecule has 0 bridgehead atoms. The smallest absolute Gasteiger partial charge is 0.408 e. The quantitative estimate of drug-likeness (QED) is 0.338. The maximum absolute atomic E-state index is 11.0. The number of nitrogens with one attached hydrogen (secondary N) is 2. The first kappa shape index (κ1) is 13.0. The zero-order valence-electron chi connectivity index (χ0n) is 8.12. The van der Waals surface area contributed by atoms with Crippen molar-refractivity contribution in [2.75, 3.05) is 19.7 Å². The number of carbonyl (C=O) groups excluding carboxylic acids is 3. The van der Waals surface area contributed by atoms with Crippen molar-refractivity contribution >= 4 is 18.3 Å². The molecule has 82 valence electrons. The summed E-state index contributed by atoms with van der Waals surface area (Å²) in [5, 5.41) is 4.60. The van der Waals surface area contributed by atoms with Gasteiger partial charge in [-0.1, -0.05) is 5.92 Å². The Kier molecular flexibility index (Phi) is 7.40. The van der Waals surface area contributed by atoms with Gasteiger partial charge in [0.2, 0.25) is 5.91 Å². The Morgan fingerprint density at radius 3 is 2.73 bits per heavy atom. The number of ether oxygens (including phenoxy) is 1. The molecule has 0 aromatic rings. The zero-order chi connectivity index (χ0) is 11.5. The third-order valence-electron chi connectivity index (χ3n) is 1.26. The number of rotatable bonds is 6. The molecule has 0 radical (unpaired) electrons. The van der Waals surface area contributed by atoms with E-state index in [1.807, 2.05) is 0 Å². The molecule has 2 amide bonds. The zero-order valence-corrected chi connectivity index (χ0v) is 8.12. The van der Waals surface area contributed by atoms with Crippen LogP contribution in [0.2, 0.25) is 0 Å². The highest BCUT2D eigenvalue weighted by Crippen LogP contribution is 1.76. The molecule has 0 fully saturated rings. The lowest BCUT2D eigenvalue weighted by molar-refractivity contribution is -0.120. The summed E-state index contributed by atoms with van der Waals surface area (Å²) in [6.45, 7) is -0.0930. The first-order valence-electron chi connectivity index (χ1n) is 4.25. The van der Waals surface area contributed by atoms with Crippen LogP contribution in [0.25, 0.3) is 0 Å². The van der Waals surface area contributed by atoms with Crippen LogP contribution < -0.4 is 10.6 Å². The lowest BCUT2D eigenvalue weighted by Crippen LogP contribution is -2.37. The molecule has 2 N–H and O–H groups in total. The Balaban J connectivity index is 3.49. The van der Waals surface area contributed by atoms with Gasteiger partial charge < -0.3 is 20.2 Å². The number of hydrogen-bond acceptors (Lipinski definition) is 4. The molecule has 0 rings (SSSR count). The van der Waals surface area contributed by atoms with Crippen LogP contribution in [0.5, 0.6) is 0 Å². The molecule has 0 aliphatic rings. The molecule has 0 spiro atoms. The summed E-state index contributed by atoms with van der Waals surface area (Å²) in [4.78, 5) is 31.6. The number of aldehydes is 1. The Morgan fingerprint density at radius 2 is 2.13 bits per heavy atom. The predicted molar refractivity (Wildman–Crippen MR) is 51.9 cm³/mol. The van der Waals surface area contributed by atoms with Gasteiger partial charge in [0.15, 0.2) is 6.61 Å². The largest absolute Gasteiger partial charge is 0.436 e. The minimum absolute atomic E-state index is 0.140. The molecular formula is C9H12N2O4. The van der Waals surface area contributed by atoms with E-state index in [4.69, 9.17) is 6.42 Å². The topological polar surface area (TPSA) is 84.5 Å². The van der Waals surface area contributed by atoms with Crippen LogP contribution in [0.15, 0.2) is 0 Å².